The maximum absolute atomic E-state index is 12.0. The van der Waals surface area contributed by atoms with E-state index in [1.165, 1.54) is 6.92 Å². The van der Waals surface area contributed by atoms with Gasteiger partial charge in [0.05, 0.1) is 0 Å². The van der Waals surface area contributed by atoms with Crippen LogP contribution in [0, 0.1) is 6.92 Å². The number of allylic oxidation sites excluding steroid dienone is 3. The lowest BCUT2D eigenvalue weighted by Gasteiger charge is -2.25. The van der Waals surface area contributed by atoms with Gasteiger partial charge in [-0.3, -0.25) is 4.79 Å². The Morgan fingerprint density at radius 3 is 2.50 bits per heavy atom. The third kappa shape index (κ3) is 2.62. The van der Waals surface area contributed by atoms with Gasteiger partial charge in [0.25, 0.3) is 0 Å². The van der Waals surface area contributed by atoms with E-state index < -0.39 is 0 Å². The summed E-state index contributed by atoms with van der Waals surface area (Å²) in [5, 5.41) is 10.4. The summed E-state index contributed by atoms with van der Waals surface area (Å²) in [5.41, 5.74) is 2.40. The molecule has 0 fully saturated rings. The Kier molecular flexibility index (Phi) is 3.72. The Morgan fingerprint density at radius 2 is 1.91 bits per heavy atom. The summed E-state index contributed by atoms with van der Waals surface area (Å²) in [6.45, 7) is 3.38. The van der Waals surface area contributed by atoms with Gasteiger partial charge in [-0.1, -0.05) is 30.3 Å². The molecule has 1 aliphatic rings. The number of rotatable bonds is 3. The minimum absolute atomic E-state index is 0.0386. The molecular weight excluding hydrogens is 276 g/mol. The molecule has 1 heterocycles. The van der Waals surface area contributed by atoms with Crippen molar-refractivity contribution in [2.45, 2.75) is 26.2 Å². The Hall–Kier alpha value is -2.55. The van der Waals surface area contributed by atoms with Crippen LogP contribution in [0.3, 0.4) is 0 Å². The number of carbonyl (C=O) groups excluding carboxylic acids is 1. The van der Waals surface area contributed by atoms with Crippen LogP contribution >= 0.6 is 0 Å². The molecule has 3 rings (SSSR count). The Labute approximate surface area is 129 Å². The molecule has 1 aromatic heterocycles. The van der Waals surface area contributed by atoms with Crippen LogP contribution in [-0.4, -0.2) is 10.9 Å². The van der Waals surface area contributed by atoms with E-state index in [0.717, 1.165) is 22.7 Å². The second kappa shape index (κ2) is 5.68. The molecule has 2 aromatic rings. The second-order valence-corrected chi connectivity index (χ2v) is 5.60. The zero-order valence-corrected chi connectivity index (χ0v) is 12.7. The topological polar surface area (TPSA) is 50.4 Å². The number of aryl methyl sites for hydroxylation is 1. The summed E-state index contributed by atoms with van der Waals surface area (Å²) >= 11 is 0. The fourth-order valence-corrected chi connectivity index (χ4v) is 2.98. The Morgan fingerprint density at radius 1 is 1.18 bits per heavy atom. The van der Waals surface area contributed by atoms with Crippen LogP contribution in [0.5, 0.6) is 0 Å². The number of Topliss-reactive ketones (excluding diaryl/α,β-unsaturated/α-hetero) is 1. The van der Waals surface area contributed by atoms with Gasteiger partial charge in [-0.2, -0.15) is 0 Å². The molecule has 0 aliphatic heterocycles. The maximum atomic E-state index is 12.0. The fraction of sp³-hybridized carbons (Fsp3) is 0.211. The molecule has 1 aliphatic carbocycles. The first-order valence-corrected chi connectivity index (χ1v) is 7.32. The third-order valence-corrected chi connectivity index (χ3v) is 4.00. The molecule has 0 amide bonds. The molecule has 0 radical (unpaired) electrons. The zero-order valence-electron chi connectivity index (χ0n) is 12.7. The van der Waals surface area contributed by atoms with Gasteiger partial charge < -0.3 is 9.52 Å². The molecule has 1 aromatic carbocycles. The van der Waals surface area contributed by atoms with Gasteiger partial charge in [0.1, 0.15) is 17.3 Å². The van der Waals surface area contributed by atoms with E-state index in [9.17, 15) is 9.90 Å². The van der Waals surface area contributed by atoms with Crippen molar-refractivity contribution in [1.82, 2.24) is 0 Å². The average Bonchev–Trinajstić information content (AvgIpc) is 2.93. The van der Waals surface area contributed by atoms with Crippen molar-refractivity contribution in [2.24, 2.45) is 0 Å². The summed E-state index contributed by atoms with van der Waals surface area (Å²) in [6, 6.07) is 13.6. The highest BCUT2D eigenvalue weighted by atomic mass is 16.3. The summed E-state index contributed by atoms with van der Waals surface area (Å²) < 4.78 is 5.66. The highest BCUT2D eigenvalue weighted by Gasteiger charge is 2.29. The number of furan rings is 1. The van der Waals surface area contributed by atoms with Crippen molar-refractivity contribution < 1.29 is 14.3 Å². The fourth-order valence-electron chi connectivity index (χ4n) is 2.98. The van der Waals surface area contributed by atoms with Gasteiger partial charge in [0, 0.05) is 11.5 Å². The quantitative estimate of drug-likeness (QED) is 0.902. The molecule has 3 nitrogen and oxygen atoms in total. The van der Waals surface area contributed by atoms with Crippen molar-refractivity contribution in [3.63, 3.8) is 0 Å². The molecule has 0 saturated carbocycles. The van der Waals surface area contributed by atoms with E-state index >= 15 is 0 Å². The number of ketones is 1. The van der Waals surface area contributed by atoms with E-state index in [2.05, 4.69) is 0 Å². The van der Waals surface area contributed by atoms with E-state index in [4.69, 9.17) is 4.42 Å². The van der Waals surface area contributed by atoms with Crippen molar-refractivity contribution in [3.05, 3.63) is 77.0 Å². The van der Waals surface area contributed by atoms with Gasteiger partial charge in [-0.25, -0.2) is 0 Å². The van der Waals surface area contributed by atoms with Gasteiger partial charge >= 0.3 is 0 Å². The Bertz CT molecular complexity index is 763. The molecular formula is C19H18O3. The van der Waals surface area contributed by atoms with Crippen LogP contribution in [0.15, 0.2) is 64.3 Å². The maximum Gasteiger partial charge on any atom is 0.160 e. The number of hydrogen-bond donors (Lipinski definition) is 1. The lowest BCUT2D eigenvalue weighted by atomic mass is 9.79. The molecule has 22 heavy (non-hydrogen) atoms. The summed E-state index contributed by atoms with van der Waals surface area (Å²) in [7, 11) is 0. The number of hydrogen-bond acceptors (Lipinski definition) is 3. The van der Waals surface area contributed by atoms with E-state index in [1.54, 1.807) is 6.08 Å². The minimum atomic E-state index is -0.149. The number of aliphatic hydroxyl groups excluding tert-OH is 1. The van der Waals surface area contributed by atoms with Crippen LogP contribution in [0.4, 0.5) is 0 Å². The average molecular weight is 294 g/mol. The first-order chi connectivity index (χ1) is 10.6. The minimum Gasteiger partial charge on any atom is -0.508 e. The summed E-state index contributed by atoms with van der Waals surface area (Å²) in [5.74, 6) is 1.36. The van der Waals surface area contributed by atoms with Crippen LogP contribution in [0.25, 0.3) is 5.57 Å². The van der Waals surface area contributed by atoms with Gasteiger partial charge in [-0.15, -0.1) is 0 Å². The van der Waals surface area contributed by atoms with Crippen molar-refractivity contribution in [1.29, 1.82) is 0 Å². The second-order valence-electron chi connectivity index (χ2n) is 5.60. The Balaban J connectivity index is 2.08. The van der Waals surface area contributed by atoms with Crippen LogP contribution < -0.4 is 0 Å². The standard InChI is InChI=1S/C19H18O3/c1-12-8-9-18(22-12)15-10-16(14-6-4-3-5-7-14)19(13(2)20)17(21)11-15/h3-9,11,16,21H,10H2,1-2H3/t16-/m1/s1. The van der Waals surface area contributed by atoms with E-state index in [1.807, 2.05) is 49.4 Å². The van der Waals surface area contributed by atoms with Gasteiger partial charge in [0.2, 0.25) is 0 Å². The number of benzene rings is 1. The largest absolute Gasteiger partial charge is 0.508 e. The molecule has 1 N–H and O–H groups in total. The molecule has 0 bridgehead atoms. The number of aliphatic hydroxyl groups is 1. The molecule has 1 atom stereocenters. The lowest BCUT2D eigenvalue weighted by molar-refractivity contribution is -0.114. The monoisotopic (exact) mass is 294 g/mol. The molecule has 0 unspecified atom stereocenters. The third-order valence-electron chi connectivity index (χ3n) is 4.00. The van der Waals surface area contributed by atoms with Gasteiger partial charge in [-0.05, 0) is 49.6 Å². The van der Waals surface area contributed by atoms with Crippen LogP contribution in [0.2, 0.25) is 0 Å². The molecule has 0 saturated heterocycles. The summed E-state index contributed by atoms with van der Waals surface area (Å²) in [6.07, 6.45) is 2.28. The van der Waals surface area contributed by atoms with Crippen molar-refractivity contribution >= 4 is 11.4 Å². The van der Waals surface area contributed by atoms with E-state index in [0.29, 0.717) is 12.0 Å². The first-order valence-electron chi connectivity index (χ1n) is 7.32. The lowest BCUT2D eigenvalue weighted by Crippen LogP contribution is -2.16. The molecule has 0 spiro atoms. The normalized spacial score (nSPS) is 18.3. The van der Waals surface area contributed by atoms with Crippen molar-refractivity contribution in [2.75, 3.05) is 0 Å². The predicted molar refractivity (Wildman–Crippen MR) is 85.6 cm³/mol. The molecule has 3 heteroatoms. The first kappa shape index (κ1) is 14.4. The van der Waals surface area contributed by atoms with Crippen LogP contribution in [0.1, 0.15) is 36.3 Å². The van der Waals surface area contributed by atoms with Crippen molar-refractivity contribution in [3.8, 4) is 0 Å². The van der Waals surface area contributed by atoms with Gasteiger partial charge in [0.15, 0.2) is 5.78 Å². The SMILES string of the molecule is CC(=O)C1=C(O)C=C(c2ccc(C)o2)C[C@@H]1c1ccccc1. The summed E-state index contributed by atoms with van der Waals surface area (Å²) in [4.78, 5) is 12.0. The van der Waals surface area contributed by atoms with E-state index in [-0.39, 0.29) is 17.5 Å². The predicted octanol–water partition coefficient (Wildman–Crippen LogP) is 4.56. The smallest absolute Gasteiger partial charge is 0.160 e. The van der Waals surface area contributed by atoms with Crippen LogP contribution in [-0.2, 0) is 4.79 Å². The number of carbonyl (C=O) groups is 1. The molecule has 112 valence electrons. The highest BCUT2D eigenvalue weighted by molar-refractivity contribution is 5.97. The highest BCUT2D eigenvalue weighted by Crippen LogP contribution is 2.40. The zero-order chi connectivity index (χ0) is 15.7.